The van der Waals surface area contributed by atoms with Gasteiger partial charge in [0.05, 0.1) is 23.4 Å². The van der Waals surface area contributed by atoms with Crippen molar-refractivity contribution in [3.05, 3.63) is 23.9 Å². The normalized spacial score (nSPS) is 11.9. The molecule has 1 aromatic heterocycles. The van der Waals surface area contributed by atoms with Gasteiger partial charge in [-0.2, -0.15) is 5.26 Å². The second kappa shape index (κ2) is 8.84. The van der Waals surface area contributed by atoms with Crippen molar-refractivity contribution in [2.45, 2.75) is 26.3 Å². The maximum atomic E-state index is 13.8. The minimum atomic E-state index is -0.217. The minimum absolute atomic E-state index is 0.0253. The summed E-state index contributed by atoms with van der Waals surface area (Å²) in [7, 11) is 3.77. The second-order valence-corrected chi connectivity index (χ2v) is 6.53. The first-order valence-corrected chi connectivity index (χ1v) is 8.69. The number of pyridine rings is 1. The van der Waals surface area contributed by atoms with Crippen molar-refractivity contribution in [1.82, 2.24) is 9.88 Å². The van der Waals surface area contributed by atoms with E-state index in [-0.39, 0.29) is 39.6 Å². The number of hydrogen-bond acceptors (Lipinski definition) is 6. The molecular weight excluding hydrogens is 373 g/mol. The van der Waals surface area contributed by atoms with Crippen molar-refractivity contribution in [3.8, 4) is 11.8 Å². The summed E-state index contributed by atoms with van der Waals surface area (Å²) in [4.78, 5) is 18.5. The first-order chi connectivity index (χ1) is 12.8. The van der Waals surface area contributed by atoms with Crippen LogP contribution in [0.2, 0.25) is 0 Å². The molecule has 1 atom stereocenters. The number of halogens is 2. The van der Waals surface area contributed by atoms with Gasteiger partial charge in [0.15, 0.2) is 0 Å². The first-order valence-electron chi connectivity index (χ1n) is 8.36. The summed E-state index contributed by atoms with van der Waals surface area (Å²) in [5.74, 6) is 0.185. The Kier molecular flexibility index (Phi) is 6.77. The fraction of sp³-hybridized carbons (Fsp3) is 0.389. The molecule has 0 saturated heterocycles. The lowest BCUT2D eigenvalue weighted by Gasteiger charge is -2.20. The van der Waals surface area contributed by atoms with Gasteiger partial charge in [-0.25, -0.2) is 0 Å². The van der Waals surface area contributed by atoms with Gasteiger partial charge in [0.2, 0.25) is 5.91 Å². The van der Waals surface area contributed by atoms with Crippen LogP contribution in [0.5, 0.6) is 5.75 Å². The van der Waals surface area contributed by atoms with Crippen LogP contribution in [-0.2, 0) is 4.79 Å². The Morgan fingerprint density at radius 2 is 2.19 bits per heavy atom. The van der Waals surface area contributed by atoms with Crippen molar-refractivity contribution in [2.24, 2.45) is 0 Å². The molecule has 0 bridgehead atoms. The summed E-state index contributed by atoms with van der Waals surface area (Å²) >= 11 is 5.49. The quantitative estimate of drug-likeness (QED) is 0.723. The fourth-order valence-electron chi connectivity index (χ4n) is 2.49. The summed E-state index contributed by atoms with van der Waals surface area (Å²) in [6.45, 7) is 4.11. The number of fused-ring (bicyclic) bond motifs is 1. The van der Waals surface area contributed by atoms with Gasteiger partial charge in [-0.3, -0.25) is 9.78 Å². The summed E-state index contributed by atoms with van der Waals surface area (Å²) in [5.41, 5.74) is 0.583. The van der Waals surface area contributed by atoms with Crippen molar-refractivity contribution in [1.29, 1.82) is 5.26 Å². The zero-order valence-corrected chi connectivity index (χ0v) is 16.3. The van der Waals surface area contributed by atoms with Crippen LogP contribution < -0.4 is 14.7 Å². The Hall–Kier alpha value is -2.63. The van der Waals surface area contributed by atoms with E-state index in [9.17, 15) is 14.5 Å². The van der Waals surface area contributed by atoms with Crippen LogP contribution in [-0.4, -0.2) is 42.5 Å². The van der Waals surface area contributed by atoms with E-state index in [2.05, 4.69) is 10.3 Å². The number of carbonyl (C=O) groups excluding carboxylic acids is 1. The van der Waals surface area contributed by atoms with Gasteiger partial charge >= 0.3 is 0 Å². The molecule has 0 aliphatic carbocycles. The average Bonchev–Trinajstić information content (AvgIpc) is 2.60. The Labute approximate surface area is 162 Å². The zero-order chi connectivity index (χ0) is 20.1. The maximum Gasteiger partial charge on any atom is 0.226 e. The van der Waals surface area contributed by atoms with E-state index >= 15 is 0 Å². The van der Waals surface area contributed by atoms with E-state index in [1.807, 2.05) is 38.9 Å². The van der Waals surface area contributed by atoms with Crippen LogP contribution in [0.4, 0.5) is 15.9 Å². The molecule has 1 unspecified atom stereocenters. The van der Waals surface area contributed by atoms with E-state index in [4.69, 9.17) is 16.5 Å². The Balaban J connectivity index is 2.52. The van der Waals surface area contributed by atoms with Crippen molar-refractivity contribution in [2.75, 3.05) is 30.7 Å². The van der Waals surface area contributed by atoms with Gasteiger partial charge < -0.3 is 15.0 Å². The Morgan fingerprint density at radius 3 is 2.74 bits per heavy atom. The number of ether oxygens (including phenoxy) is 1. The lowest BCUT2D eigenvalue weighted by atomic mass is 10.1. The average molecular weight is 394 g/mol. The van der Waals surface area contributed by atoms with Crippen molar-refractivity contribution < 1.29 is 14.0 Å². The molecule has 27 heavy (non-hydrogen) atoms. The highest BCUT2D eigenvalue weighted by Gasteiger charge is 2.19. The molecule has 0 saturated carbocycles. The third-order valence-electron chi connectivity index (χ3n) is 4.17. The van der Waals surface area contributed by atoms with Crippen molar-refractivity contribution in [3.63, 3.8) is 0 Å². The number of aromatic nitrogens is 1. The minimum Gasteiger partial charge on any atom is -0.492 e. The van der Waals surface area contributed by atoms with Crippen LogP contribution >= 0.6 is 11.8 Å². The molecule has 144 valence electrons. The monoisotopic (exact) mass is 393 g/mol. The number of nitrogens with one attached hydrogen (secondary N) is 1. The summed E-state index contributed by atoms with van der Waals surface area (Å²) in [5, 5.41) is 12.3. The van der Waals surface area contributed by atoms with Crippen LogP contribution in [0.25, 0.3) is 10.9 Å². The summed E-state index contributed by atoms with van der Waals surface area (Å²) in [6, 6.07) is 4.98. The zero-order valence-electron chi connectivity index (χ0n) is 15.6. The molecular formula is C18H21ClFN5O2. The van der Waals surface area contributed by atoms with Crippen LogP contribution in [0.1, 0.15) is 25.8 Å². The predicted molar refractivity (Wildman–Crippen MR) is 103 cm³/mol. The topological polar surface area (TPSA) is 81.5 Å². The Bertz CT molecular complexity index is 882. The SMILES string of the molecule is CCOc1cc2ncc(C#N)c(N(F)Cl)c2cc1NC(=O)CC(C)N(C)C. The molecule has 1 heterocycles. The number of anilines is 2. The van der Waals surface area contributed by atoms with Crippen LogP contribution in [0, 0.1) is 11.3 Å². The van der Waals surface area contributed by atoms with Gasteiger partial charge in [0.25, 0.3) is 0 Å². The van der Waals surface area contributed by atoms with E-state index in [0.717, 1.165) is 0 Å². The van der Waals surface area contributed by atoms with Gasteiger partial charge in [0, 0.05) is 41.9 Å². The largest absolute Gasteiger partial charge is 0.492 e. The summed E-state index contributed by atoms with van der Waals surface area (Å²) in [6.07, 6.45) is 1.50. The third-order valence-corrected chi connectivity index (χ3v) is 4.34. The lowest BCUT2D eigenvalue weighted by molar-refractivity contribution is -0.117. The smallest absolute Gasteiger partial charge is 0.226 e. The van der Waals surface area contributed by atoms with Gasteiger partial charge in [-0.1, -0.05) is 4.48 Å². The molecule has 1 N–H and O–H groups in total. The highest BCUT2D eigenvalue weighted by Crippen LogP contribution is 2.37. The number of nitrogens with zero attached hydrogens (tertiary/aromatic N) is 4. The maximum absolute atomic E-state index is 13.8. The fourth-order valence-corrected chi connectivity index (χ4v) is 2.68. The molecule has 0 radical (unpaired) electrons. The second-order valence-electron chi connectivity index (χ2n) is 6.23. The molecule has 0 aliphatic heterocycles. The number of carbonyl (C=O) groups is 1. The van der Waals surface area contributed by atoms with Crippen LogP contribution in [0.15, 0.2) is 18.3 Å². The molecule has 7 nitrogen and oxygen atoms in total. The molecule has 2 aromatic rings. The third kappa shape index (κ3) is 4.76. The Morgan fingerprint density at radius 1 is 1.48 bits per heavy atom. The molecule has 1 amide bonds. The van der Waals surface area contributed by atoms with Crippen molar-refractivity contribution >= 4 is 40.0 Å². The number of hydrogen-bond donors (Lipinski definition) is 1. The van der Waals surface area contributed by atoms with Gasteiger partial charge in [0.1, 0.15) is 17.5 Å². The number of rotatable bonds is 7. The molecule has 0 spiro atoms. The number of amides is 1. The standard InChI is InChI=1S/C18H21ClFN5O2/c1-5-27-16-8-14-13(18(25(19)20)12(9-21)10-22-14)7-15(16)23-17(26)6-11(2)24(3)4/h7-8,10-11H,5-6H2,1-4H3,(H,23,26). The highest BCUT2D eigenvalue weighted by molar-refractivity contribution is 6.26. The predicted octanol–water partition coefficient (Wildman–Crippen LogP) is 3.63. The number of nitriles is 1. The van der Waals surface area contributed by atoms with Gasteiger partial charge in [-0.05, 0) is 34.0 Å². The molecule has 0 aliphatic rings. The molecule has 2 rings (SSSR count). The van der Waals surface area contributed by atoms with E-state index in [0.29, 0.717) is 23.6 Å². The van der Waals surface area contributed by atoms with E-state index in [1.165, 1.54) is 12.3 Å². The van der Waals surface area contributed by atoms with E-state index in [1.54, 1.807) is 6.07 Å². The lowest BCUT2D eigenvalue weighted by Crippen LogP contribution is -2.29. The van der Waals surface area contributed by atoms with Gasteiger partial charge in [-0.15, -0.1) is 4.64 Å². The first kappa shape index (κ1) is 20.7. The van der Waals surface area contributed by atoms with E-state index < -0.39 is 0 Å². The highest BCUT2D eigenvalue weighted by atomic mass is 35.5. The van der Waals surface area contributed by atoms with Crippen LogP contribution in [0.3, 0.4) is 0 Å². The molecule has 1 aromatic carbocycles. The number of benzene rings is 1. The summed E-state index contributed by atoms with van der Waals surface area (Å²) < 4.78 is 19.2. The molecule has 0 fully saturated rings. The molecule has 9 heteroatoms.